The molecule has 0 aliphatic carbocycles. The van der Waals surface area contributed by atoms with E-state index < -0.39 is 0 Å². The molecule has 2 aromatic rings. The molecule has 0 bridgehead atoms. The summed E-state index contributed by atoms with van der Waals surface area (Å²) in [6.07, 6.45) is 2.94. The lowest BCUT2D eigenvalue weighted by Gasteiger charge is -2.27. The molecule has 102 valence electrons. The number of halogens is 1. The van der Waals surface area contributed by atoms with Crippen molar-refractivity contribution in [2.75, 3.05) is 7.05 Å². The van der Waals surface area contributed by atoms with E-state index in [0.717, 1.165) is 10.9 Å². The number of rotatable bonds is 5. The van der Waals surface area contributed by atoms with Gasteiger partial charge in [-0.15, -0.1) is 0 Å². The molecule has 2 unspecified atom stereocenters. The summed E-state index contributed by atoms with van der Waals surface area (Å²) in [5, 5.41) is 7.77. The SMILES string of the molecule is CCC(c1ccccc1)C(NC)c1c(Br)cnn1C. The van der Waals surface area contributed by atoms with Crippen molar-refractivity contribution in [2.24, 2.45) is 7.05 Å². The van der Waals surface area contributed by atoms with E-state index in [9.17, 15) is 0 Å². The van der Waals surface area contributed by atoms with E-state index in [-0.39, 0.29) is 6.04 Å². The van der Waals surface area contributed by atoms with E-state index >= 15 is 0 Å². The molecule has 0 radical (unpaired) electrons. The Bertz CT molecular complexity index is 502. The lowest BCUT2D eigenvalue weighted by molar-refractivity contribution is 0.439. The number of hydrogen-bond donors (Lipinski definition) is 1. The van der Waals surface area contributed by atoms with Gasteiger partial charge in [0.2, 0.25) is 0 Å². The summed E-state index contributed by atoms with van der Waals surface area (Å²) >= 11 is 3.61. The molecule has 3 nitrogen and oxygen atoms in total. The molecule has 1 aromatic carbocycles. The Morgan fingerprint density at radius 1 is 1.32 bits per heavy atom. The van der Waals surface area contributed by atoms with E-state index in [1.807, 2.05) is 25.0 Å². The van der Waals surface area contributed by atoms with Crippen molar-refractivity contribution in [1.29, 1.82) is 0 Å². The summed E-state index contributed by atoms with van der Waals surface area (Å²) < 4.78 is 3.00. The highest BCUT2D eigenvalue weighted by Crippen LogP contribution is 2.36. The molecule has 4 heteroatoms. The Kier molecular flexibility index (Phi) is 4.77. The van der Waals surface area contributed by atoms with Gasteiger partial charge < -0.3 is 5.32 Å². The van der Waals surface area contributed by atoms with Crippen molar-refractivity contribution in [1.82, 2.24) is 15.1 Å². The molecule has 2 atom stereocenters. The summed E-state index contributed by atoms with van der Waals surface area (Å²) in [4.78, 5) is 0. The highest BCUT2D eigenvalue weighted by Gasteiger charge is 2.26. The van der Waals surface area contributed by atoms with Gasteiger partial charge in [0.15, 0.2) is 0 Å². The summed E-state index contributed by atoms with van der Waals surface area (Å²) in [5.41, 5.74) is 2.55. The van der Waals surface area contributed by atoms with Gasteiger partial charge in [0, 0.05) is 13.0 Å². The van der Waals surface area contributed by atoms with Crippen LogP contribution in [0.1, 0.15) is 36.6 Å². The highest BCUT2D eigenvalue weighted by molar-refractivity contribution is 9.10. The van der Waals surface area contributed by atoms with Crippen LogP contribution in [0.5, 0.6) is 0 Å². The van der Waals surface area contributed by atoms with Crippen LogP contribution >= 0.6 is 15.9 Å². The van der Waals surface area contributed by atoms with Crippen molar-refractivity contribution in [3.63, 3.8) is 0 Å². The molecule has 2 rings (SSSR count). The van der Waals surface area contributed by atoms with Crippen LogP contribution < -0.4 is 5.32 Å². The van der Waals surface area contributed by atoms with Crippen LogP contribution in [0.15, 0.2) is 41.0 Å². The fraction of sp³-hybridized carbons (Fsp3) is 0.400. The van der Waals surface area contributed by atoms with Gasteiger partial charge in [0.1, 0.15) is 0 Å². The monoisotopic (exact) mass is 321 g/mol. The molecule has 0 fully saturated rings. The van der Waals surface area contributed by atoms with Crippen LogP contribution in [-0.4, -0.2) is 16.8 Å². The zero-order valence-corrected chi connectivity index (χ0v) is 13.2. The number of aryl methyl sites for hydroxylation is 1. The van der Waals surface area contributed by atoms with E-state index in [1.165, 1.54) is 11.3 Å². The van der Waals surface area contributed by atoms with Gasteiger partial charge in [-0.25, -0.2) is 0 Å². The van der Waals surface area contributed by atoms with Gasteiger partial charge in [-0.3, -0.25) is 4.68 Å². The van der Waals surface area contributed by atoms with E-state index in [0.29, 0.717) is 5.92 Å². The zero-order chi connectivity index (χ0) is 13.8. The standard InChI is InChI=1S/C15H20BrN3/c1-4-12(11-8-6-5-7-9-11)14(17-2)15-13(16)10-18-19(15)3/h5-10,12,14,17H,4H2,1-3H3. The van der Waals surface area contributed by atoms with Gasteiger partial charge in [-0.05, 0) is 35.0 Å². The molecule has 0 aliphatic rings. The lowest BCUT2D eigenvalue weighted by Crippen LogP contribution is -2.26. The topological polar surface area (TPSA) is 29.9 Å². The van der Waals surface area contributed by atoms with Gasteiger partial charge in [0.25, 0.3) is 0 Å². The minimum atomic E-state index is 0.245. The van der Waals surface area contributed by atoms with Crippen LogP contribution in [0.4, 0.5) is 0 Å². The average molecular weight is 322 g/mol. The summed E-state index contributed by atoms with van der Waals surface area (Å²) in [5.74, 6) is 0.429. The van der Waals surface area contributed by atoms with Crippen molar-refractivity contribution in [2.45, 2.75) is 25.3 Å². The summed E-state index contributed by atoms with van der Waals surface area (Å²) in [6.45, 7) is 2.23. The number of hydrogen-bond acceptors (Lipinski definition) is 2. The third-order valence-electron chi connectivity index (χ3n) is 3.61. The van der Waals surface area contributed by atoms with Crippen LogP contribution in [0.3, 0.4) is 0 Å². The number of benzene rings is 1. The molecule has 0 spiro atoms. The number of likely N-dealkylation sites (N-methyl/N-ethyl adjacent to an activating group) is 1. The fourth-order valence-corrected chi connectivity index (χ4v) is 3.26. The van der Waals surface area contributed by atoms with Gasteiger partial charge in [-0.2, -0.15) is 5.10 Å². The average Bonchev–Trinajstić information content (AvgIpc) is 2.77. The minimum absolute atomic E-state index is 0.245. The third kappa shape index (κ3) is 2.90. The number of nitrogens with zero attached hydrogens (tertiary/aromatic N) is 2. The molecular formula is C15H20BrN3. The Morgan fingerprint density at radius 3 is 2.47 bits per heavy atom. The normalized spacial score (nSPS) is 14.3. The second kappa shape index (κ2) is 6.35. The maximum atomic E-state index is 4.33. The van der Waals surface area contributed by atoms with Crippen molar-refractivity contribution < 1.29 is 0 Å². The first kappa shape index (κ1) is 14.3. The van der Waals surface area contributed by atoms with Gasteiger partial charge >= 0.3 is 0 Å². The van der Waals surface area contributed by atoms with Crippen LogP contribution in [0, 0.1) is 0 Å². The first-order chi connectivity index (χ1) is 9.19. The predicted octanol–water partition coefficient (Wildman–Crippen LogP) is 3.64. The highest BCUT2D eigenvalue weighted by atomic mass is 79.9. The maximum absolute atomic E-state index is 4.33. The van der Waals surface area contributed by atoms with Crippen molar-refractivity contribution in [3.8, 4) is 0 Å². The Morgan fingerprint density at radius 2 is 2.00 bits per heavy atom. The van der Waals surface area contributed by atoms with Crippen molar-refractivity contribution in [3.05, 3.63) is 52.3 Å². The molecule has 19 heavy (non-hydrogen) atoms. The fourth-order valence-electron chi connectivity index (χ4n) is 2.66. The Balaban J connectivity index is 2.40. The molecule has 1 aromatic heterocycles. The van der Waals surface area contributed by atoms with E-state index in [4.69, 9.17) is 0 Å². The van der Waals surface area contributed by atoms with Crippen molar-refractivity contribution >= 4 is 15.9 Å². The molecule has 0 aliphatic heterocycles. The molecular weight excluding hydrogens is 302 g/mol. The number of nitrogens with one attached hydrogen (secondary N) is 1. The maximum Gasteiger partial charge on any atom is 0.0698 e. The third-order valence-corrected chi connectivity index (χ3v) is 4.22. The van der Waals surface area contributed by atoms with Crippen LogP contribution in [0.2, 0.25) is 0 Å². The zero-order valence-electron chi connectivity index (χ0n) is 11.6. The van der Waals surface area contributed by atoms with Gasteiger partial charge in [-0.1, -0.05) is 37.3 Å². The van der Waals surface area contributed by atoms with E-state index in [1.54, 1.807) is 0 Å². The first-order valence-electron chi connectivity index (χ1n) is 6.58. The lowest BCUT2D eigenvalue weighted by atomic mass is 9.87. The first-order valence-corrected chi connectivity index (χ1v) is 7.38. The molecule has 1 N–H and O–H groups in total. The Labute approximate surface area is 123 Å². The Hall–Kier alpha value is -1.13. The molecule has 0 amide bonds. The minimum Gasteiger partial charge on any atom is -0.311 e. The quantitative estimate of drug-likeness (QED) is 0.911. The second-order valence-electron chi connectivity index (χ2n) is 4.69. The predicted molar refractivity (Wildman–Crippen MR) is 82.2 cm³/mol. The van der Waals surface area contributed by atoms with Crippen LogP contribution in [-0.2, 0) is 7.05 Å². The number of aromatic nitrogens is 2. The molecule has 1 heterocycles. The smallest absolute Gasteiger partial charge is 0.0698 e. The van der Waals surface area contributed by atoms with E-state index in [2.05, 4.69) is 63.6 Å². The summed E-state index contributed by atoms with van der Waals surface area (Å²) in [7, 11) is 4.00. The van der Waals surface area contributed by atoms with Gasteiger partial charge in [0.05, 0.1) is 22.4 Å². The summed E-state index contributed by atoms with van der Waals surface area (Å²) in [6, 6.07) is 10.9. The molecule has 0 saturated heterocycles. The second-order valence-corrected chi connectivity index (χ2v) is 5.55. The molecule has 0 saturated carbocycles. The largest absolute Gasteiger partial charge is 0.311 e. The van der Waals surface area contributed by atoms with Crippen LogP contribution in [0.25, 0.3) is 0 Å².